The number of para-hydroxylation sites is 1. The van der Waals surface area contributed by atoms with Gasteiger partial charge in [0.25, 0.3) is 0 Å². The lowest BCUT2D eigenvalue weighted by Crippen LogP contribution is -2.20. The van der Waals surface area contributed by atoms with Crippen LogP contribution in [0.25, 0.3) is 5.69 Å². The number of nitriles is 1. The smallest absolute Gasteiger partial charge is 0.236 e. The summed E-state index contributed by atoms with van der Waals surface area (Å²) in [5.74, 6) is -0.0688. The molecule has 8 heteroatoms. The second-order valence-electron chi connectivity index (χ2n) is 7.60. The van der Waals surface area contributed by atoms with Gasteiger partial charge in [-0.05, 0) is 23.8 Å². The summed E-state index contributed by atoms with van der Waals surface area (Å²) in [6.45, 7) is 1.44. The average molecular weight is 467 g/mol. The van der Waals surface area contributed by atoms with Crippen molar-refractivity contribution in [3.63, 3.8) is 0 Å². The molecule has 34 heavy (non-hydrogen) atoms. The number of carbonyl (C=O) groups is 1. The minimum absolute atomic E-state index is 0.0429. The highest BCUT2D eigenvalue weighted by molar-refractivity contribution is 7.11. The molecule has 0 amide bonds. The maximum absolute atomic E-state index is 12.1. The molecule has 0 bridgehead atoms. The fraction of sp³-hybridized carbons (Fsp3) is 0.0769. The zero-order chi connectivity index (χ0) is 23.7. The SMILES string of the molecule is CC(=O)c1nn(-c2ccccc2)/c(=N/C2=C(C#N)C(c3ccccc3)c3ccc(O)cc3O2)s1. The van der Waals surface area contributed by atoms with Crippen LogP contribution in [0.3, 0.4) is 0 Å². The number of rotatable bonds is 4. The molecule has 0 spiro atoms. The van der Waals surface area contributed by atoms with Crippen molar-refractivity contribution < 1.29 is 14.6 Å². The number of hydrogen-bond acceptors (Lipinski definition) is 7. The summed E-state index contributed by atoms with van der Waals surface area (Å²) in [6, 6.07) is 26.0. The molecular formula is C26H18N4O3S. The number of aromatic nitrogens is 2. The van der Waals surface area contributed by atoms with Crippen LogP contribution in [0.4, 0.5) is 0 Å². The third kappa shape index (κ3) is 3.89. The number of phenolic OH excluding ortho intramolecular Hbond substituents is 1. The summed E-state index contributed by atoms with van der Waals surface area (Å²) in [6.07, 6.45) is 0. The molecule has 0 aliphatic carbocycles. The molecule has 1 unspecified atom stereocenters. The van der Waals surface area contributed by atoms with Crippen molar-refractivity contribution in [3.8, 4) is 23.3 Å². The Morgan fingerprint density at radius 3 is 2.50 bits per heavy atom. The van der Waals surface area contributed by atoms with Crippen molar-refractivity contribution in [1.82, 2.24) is 9.78 Å². The number of phenols is 1. The minimum atomic E-state index is -0.431. The number of nitrogens with zero attached hydrogens (tertiary/aromatic N) is 4. The lowest BCUT2D eigenvalue weighted by molar-refractivity contribution is 0.101. The van der Waals surface area contributed by atoms with Gasteiger partial charge in [-0.1, -0.05) is 65.9 Å². The Labute approximate surface area is 199 Å². The van der Waals surface area contributed by atoms with Crippen molar-refractivity contribution in [1.29, 1.82) is 5.26 Å². The Balaban J connectivity index is 1.76. The molecule has 3 aromatic carbocycles. The summed E-state index contributed by atoms with van der Waals surface area (Å²) in [4.78, 5) is 17.1. The van der Waals surface area contributed by atoms with E-state index >= 15 is 0 Å². The van der Waals surface area contributed by atoms with Crippen LogP contribution in [-0.2, 0) is 0 Å². The predicted octanol–water partition coefficient (Wildman–Crippen LogP) is 4.70. The number of aromatic hydroxyl groups is 1. The maximum atomic E-state index is 12.1. The molecule has 0 radical (unpaired) electrons. The first-order chi connectivity index (χ1) is 16.5. The lowest BCUT2D eigenvalue weighted by Gasteiger charge is -2.26. The van der Waals surface area contributed by atoms with Crippen molar-refractivity contribution in [2.75, 3.05) is 0 Å². The molecular weight excluding hydrogens is 448 g/mol. The van der Waals surface area contributed by atoms with E-state index in [0.29, 0.717) is 16.1 Å². The molecule has 2 heterocycles. The Morgan fingerprint density at radius 2 is 1.82 bits per heavy atom. The fourth-order valence-electron chi connectivity index (χ4n) is 3.80. The van der Waals surface area contributed by atoms with E-state index in [-0.39, 0.29) is 22.4 Å². The Kier molecular flexibility index (Phi) is 5.54. The summed E-state index contributed by atoms with van der Waals surface area (Å²) in [7, 11) is 0. The second kappa shape index (κ2) is 8.81. The fourth-order valence-corrected chi connectivity index (χ4v) is 4.60. The van der Waals surface area contributed by atoms with Gasteiger partial charge in [-0.25, -0.2) is 4.68 Å². The van der Waals surface area contributed by atoms with Gasteiger partial charge in [0, 0.05) is 18.6 Å². The number of hydrogen-bond donors (Lipinski definition) is 1. The van der Waals surface area contributed by atoms with E-state index in [1.54, 1.807) is 16.8 Å². The summed E-state index contributed by atoms with van der Waals surface area (Å²) >= 11 is 1.11. The van der Waals surface area contributed by atoms with Gasteiger partial charge in [-0.3, -0.25) is 4.79 Å². The number of ketones is 1. The van der Waals surface area contributed by atoms with Crippen molar-refractivity contribution in [2.45, 2.75) is 12.8 Å². The van der Waals surface area contributed by atoms with Crippen molar-refractivity contribution >= 4 is 17.1 Å². The van der Waals surface area contributed by atoms with Gasteiger partial charge in [0.1, 0.15) is 23.1 Å². The van der Waals surface area contributed by atoms with Gasteiger partial charge in [-0.2, -0.15) is 15.4 Å². The van der Waals surface area contributed by atoms with E-state index in [1.807, 2.05) is 60.7 Å². The van der Waals surface area contributed by atoms with Gasteiger partial charge in [0.05, 0.1) is 11.6 Å². The molecule has 1 N–H and O–H groups in total. The number of Topliss-reactive ketones (excluding diaryl/α,β-unsaturated/α-hetero) is 1. The molecule has 1 atom stereocenters. The van der Waals surface area contributed by atoms with Crippen molar-refractivity contribution in [3.05, 3.63) is 111 Å². The summed E-state index contributed by atoms with van der Waals surface area (Å²) in [5.41, 5.74) is 2.69. The Bertz CT molecular complexity index is 1530. The second-order valence-corrected chi connectivity index (χ2v) is 8.56. The van der Waals surface area contributed by atoms with Crippen LogP contribution in [0.5, 0.6) is 11.5 Å². The Hall–Kier alpha value is -4.48. The zero-order valence-corrected chi connectivity index (χ0v) is 18.9. The zero-order valence-electron chi connectivity index (χ0n) is 18.0. The number of carbonyl (C=O) groups excluding carboxylic acids is 1. The van der Waals surface area contributed by atoms with Crippen LogP contribution in [0.1, 0.15) is 33.8 Å². The molecule has 0 saturated heterocycles. The van der Waals surface area contributed by atoms with E-state index in [4.69, 9.17) is 4.74 Å². The van der Waals surface area contributed by atoms with Gasteiger partial charge in [-0.15, -0.1) is 0 Å². The molecule has 0 saturated carbocycles. The monoisotopic (exact) mass is 466 g/mol. The summed E-state index contributed by atoms with van der Waals surface area (Å²) in [5, 5.41) is 24.9. The normalized spacial score (nSPS) is 15.4. The molecule has 0 fully saturated rings. The number of allylic oxidation sites excluding steroid dienone is 1. The van der Waals surface area contributed by atoms with Crippen LogP contribution in [0.15, 0.2) is 95.3 Å². The molecule has 1 aliphatic heterocycles. The third-order valence-electron chi connectivity index (χ3n) is 5.35. The lowest BCUT2D eigenvalue weighted by atomic mass is 9.83. The quantitative estimate of drug-likeness (QED) is 0.439. The largest absolute Gasteiger partial charge is 0.508 e. The number of benzene rings is 3. The summed E-state index contributed by atoms with van der Waals surface area (Å²) < 4.78 is 7.60. The van der Waals surface area contributed by atoms with E-state index < -0.39 is 5.92 Å². The van der Waals surface area contributed by atoms with Crippen LogP contribution in [0.2, 0.25) is 0 Å². The maximum Gasteiger partial charge on any atom is 0.236 e. The molecule has 5 rings (SSSR count). The van der Waals surface area contributed by atoms with Gasteiger partial charge >= 0.3 is 0 Å². The first-order valence-electron chi connectivity index (χ1n) is 10.5. The standard InChI is InChI=1S/C26H18N4O3S/c1-16(31)25-29-30(18-10-6-3-7-11-18)26(34-25)28-24-21(15-27)23(17-8-4-2-5-9-17)20-13-12-19(32)14-22(20)33-24/h2-14,23,32H,1H3/b28-26-. The minimum Gasteiger partial charge on any atom is -0.508 e. The van der Waals surface area contributed by atoms with E-state index in [9.17, 15) is 15.2 Å². The van der Waals surface area contributed by atoms with Crippen molar-refractivity contribution in [2.24, 2.45) is 4.99 Å². The van der Waals surface area contributed by atoms with Gasteiger partial charge < -0.3 is 9.84 Å². The highest BCUT2D eigenvalue weighted by Crippen LogP contribution is 2.44. The number of fused-ring (bicyclic) bond motifs is 1. The third-order valence-corrected chi connectivity index (χ3v) is 6.36. The molecule has 7 nitrogen and oxygen atoms in total. The van der Waals surface area contributed by atoms with E-state index in [1.165, 1.54) is 13.0 Å². The van der Waals surface area contributed by atoms with Gasteiger partial charge in [0.15, 0.2) is 10.8 Å². The van der Waals surface area contributed by atoms with Crippen LogP contribution < -0.4 is 9.54 Å². The van der Waals surface area contributed by atoms with Crippen LogP contribution in [-0.4, -0.2) is 20.7 Å². The average Bonchev–Trinajstić information content (AvgIpc) is 3.28. The molecule has 166 valence electrons. The number of ether oxygens (including phenoxy) is 1. The first-order valence-corrected chi connectivity index (χ1v) is 11.3. The topological polar surface area (TPSA) is 100 Å². The van der Waals surface area contributed by atoms with Crippen LogP contribution in [0, 0.1) is 11.3 Å². The molecule has 1 aromatic heterocycles. The Morgan fingerprint density at radius 1 is 1.12 bits per heavy atom. The first kappa shape index (κ1) is 21.4. The molecule has 4 aromatic rings. The highest BCUT2D eigenvalue weighted by atomic mass is 32.1. The van der Waals surface area contributed by atoms with E-state index in [2.05, 4.69) is 16.2 Å². The highest BCUT2D eigenvalue weighted by Gasteiger charge is 2.32. The van der Waals surface area contributed by atoms with Gasteiger partial charge in [0.2, 0.25) is 10.7 Å². The van der Waals surface area contributed by atoms with E-state index in [0.717, 1.165) is 28.2 Å². The predicted molar refractivity (Wildman–Crippen MR) is 127 cm³/mol. The van der Waals surface area contributed by atoms with Crippen LogP contribution >= 0.6 is 11.3 Å². The molecule has 1 aliphatic rings.